The zero-order valence-corrected chi connectivity index (χ0v) is 8.74. The molecular weight excluding hydrogens is 192 g/mol. The van der Waals surface area contributed by atoms with E-state index in [0.29, 0.717) is 5.15 Å². The van der Waals surface area contributed by atoms with Gasteiger partial charge in [0.15, 0.2) is 5.16 Å². The Hall–Kier alpha value is -0.280. The highest BCUT2D eigenvalue weighted by Crippen LogP contribution is 2.17. The van der Waals surface area contributed by atoms with E-state index in [9.17, 15) is 0 Å². The topological polar surface area (TPSA) is 25.8 Å². The average Bonchev–Trinajstić information content (AvgIpc) is 2.05. The molecule has 0 N–H and O–H groups in total. The second-order valence-electron chi connectivity index (χ2n) is 2.26. The minimum atomic E-state index is 0.587. The predicted octanol–water partition coefficient (Wildman–Crippen LogP) is 2.80. The summed E-state index contributed by atoms with van der Waals surface area (Å²) >= 11 is 7.50. The monoisotopic (exact) mass is 202 g/mol. The lowest BCUT2D eigenvalue weighted by Crippen LogP contribution is -1.92. The van der Waals surface area contributed by atoms with E-state index in [1.807, 2.05) is 6.92 Å². The number of hydrogen-bond acceptors (Lipinski definition) is 3. The number of halogens is 1. The van der Waals surface area contributed by atoms with E-state index in [4.69, 9.17) is 11.6 Å². The molecule has 0 aliphatic heterocycles. The summed E-state index contributed by atoms with van der Waals surface area (Å²) in [5.74, 6) is 0.974. The Kier molecular flexibility index (Phi) is 3.82. The average molecular weight is 203 g/mol. The molecule has 1 heterocycles. The van der Waals surface area contributed by atoms with Crippen LogP contribution < -0.4 is 0 Å². The van der Waals surface area contributed by atoms with E-state index in [1.54, 1.807) is 18.0 Å². The Labute approximate surface area is 81.8 Å². The maximum atomic E-state index is 5.90. The molecule has 0 saturated heterocycles. The van der Waals surface area contributed by atoms with Gasteiger partial charge in [0.1, 0.15) is 5.15 Å². The molecule has 4 heteroatoms. The summed E-state index contributed by atoms with van der Waals surface area (Å²) in [7, 11) is 0. The fraction of sp³-hybridized carbons (Fsp3) is 0.500. The molecule has 0 saturated carbocycles. The van der Waals surface area contributed by atoms with Gasteiger partial charge >= 0.3 is 0 Å². The van der Waals surface area contributed by atoms with Crippen LogP contribution in [0.5, 0.6) is 0 Å². The lowest BCUT2D eigenvalue weighted by atomic mass is 10.3. The first-order valence-electron chi connectivity index (χ1n) is 3.92. The fourth-order valence-electron chi connectivity index (χ4n) is 0.807. The molecule has 0 unspecified atom stereocenters. The van der Waals surface area contributed by atoms with Crippen molar-refractivity contribution in [3.05, 3.63) is 16.9 Å². The third-order valence-corrected chi connectivity index (χ3v) is 2.51. The van der Waals surface area contributed by atoms with Crippen molar-refractivity contribution < 1.29 is 0 Å². The summed E-state index contributed by atoms with van der Waals surface area (Å²) in [5, 5.41) is 1.35. The maximum absolute atomic E-state index is 5.90. The molecule has 1 rings (SSSR count). The molecule has 1 aromatic heterocycles. The van der Waals surface area contributed by atoms with E-state index < -0.39 is 0 Å². The highest BCUT2D eigenvalue weighted by molar-refractivity contribution is 7.99. The van der Waals surface area contributed by atoms with Crippen molar-refractivity contribution in [3.63, 3.8) is 0 Å². The summed E-state index contributed by atoms with van der Waals surface area (Å²) in [6.07, 6.45) is 2.68. The summed E-state index contributed by atoms with van der Waals surface area (Å²) in [6, 6.07) is 0. The van der Waals surface area contributed by atoms with Gasteiger partial charge in [0.2, 0.25) is 0 Å². The van der Waals surface area contributed by atoms with E-state index in [0.717, 1.165) is 22.9 Å². The van der Waals surface area contributed by atoms with Crippen molar-refractivity contribution in [1.29, 1.82) is 0 Å². The highest BCUT2D eigenvalue weighted by atomic mass is 35.5. The van der Waals surface area contributed by atoms with E-state index in [1.165, 1.54) is 0 Å². The van der Waals surface area contributed by atoms with Gasteiger partial charge in [-0.15, -0.1) is 0 Å². The molecule has 0 atom stereocenters. The summed E-state index contributed by atoms with van der Waals surface area (Å²) in [5.41, 5.74) is 1.01. The molecule has 12 heavy (non-hydrogen) atoms. The van der Waals surface area contributed by atoms with Gasteiger partial charge in [-0.3, -0.25) is 0 Å². The smallest absolute Gasteiger partial charge is 0.188 e. The van der Waals surface area contributed by atoms with Crippen LogP contribution in [0.3, 0.4) is 0 Å². The molecule has 0 aliphatic carbocycles. The number of hydrogen-bond donors (Lipinski definition) is 0. The molecule has 0 bridgehead atoms. The van der Waals surface area contributed by atoms with Crippen molar-refractivity contribution in [3.8, 4) is 0 Å². The molecule has 66 valence electrons. The first kappa shape index (κ1) is 9.81. The van der Waals surface area contributed by atoms with Crippen LogP contribution in [0.15, 0.2) is 11.4 Å². The van der Waals surface area contributed by atoms with E-state index in [-0.39, 0.29) is 0 Å². The zero-order chi connectivity index (χ0) is 8.97. The molecule has 0 fully saturated rings. The zero-order valence-electron chi connectivity index (χ0n) is 7.17. The number of aryl methyl sites for hydroxylation is 1. The minimum absolute atomic E-state index is 0.587. The van der Waals surface area contributed by atoms with Crippen LogP contribution in [0.2, 0.25) is 5.15 Å². The van der Waals surface area contributed by atoms with Crippen LogP contribution in [0.1, 0.15) is 19.4 Å². The molecule has 0 aliphatic rings. The summed E-state index contributed by atoms with van der Waals surface area (Å²) in [6.45, 7) is 4.10. The van der Waals surface area contributed by atoms with Gasteiger partial charge in [-0.25, -0.2) is 9.97 Å². The number of thioether (sulfide) groups is 1. The number of aromatic nitrogens is 2. The van der Waals surface area contributed by atoms with Crippen LogP contribution in [0, 0.1) is 0 Å². The first-order valence-corrected chi connectivity index (χ1v) is 5.28. The molecule has 1 aromatic rings. The fourth-order valence-corrected chi connectivity index (χ4v) is 1.66. The van der Waals surface area contributed by atoms with Gasteiger partial charge in [0.25, 0.3) is 0 Å². The molecule has 0 spiro atoms. The summed E-state index contributed by atoms with van der Waals surface area (Å²) in [4.78, 5) is 8.32. The SMILES string of the molecule is CCSc1ncc(CC)c(Cl)n1. The Morgan fingerprint density at radius 2 is 2.25 bits per heavy atom. The van der Waals surface area contributed by atoms with Crippen LogP contribution in [-0.4, -0.2) is 15.7 Å². The Morgan fingerprint density at radius 1 is 1.50 bits per heavy atom. The van der Waals surface area contributed by atoms with Crippen LogP contribution in [0.25, 0.3) is 0 Å². The third-order valence-electron chi connectivity index (χ3n) is 1.44. The van der Waals surface area contributed by atoms with Crippen molar-refractivity contribution >= 4 is 23.4 Å². The number of rotatable bonds is 3. The van der Waals surface area contributed by atoms with Crippen LogP contribution in [-0.2, 0) is 6.42 Å². The maximum Gasteiger partial charge on any atom is 0.188 e. The first-order chi connectivity index (χ1) is 5.77. The van der Waals surface area contributed by atoms with E-state index >= 15 is 0 Å². The Balaban J connectivity index is 2.86. The van der Waals surface area contributed by atoms with Crippen LogP contribution in [0.4, 0.5) is 0 Å². The number of nitrogens with zero attached hydrogens (tertiary/aromatic N) is 2. The Morgan fingerprint density at radius 3 is 2.75 bits per heavy atom. The predicted molar refractivity (Wildman–Crippen MR) is 52.8 cm³/mol. The van der Waals surface area contributed by atoms with Crippen molar-refractivity contribution in [1.82, 2.24) is 9.97 Å². The van der Waals surface area contributed by atoms with Crippen LogP contribution >= 0.6 is 23.4 Å². The minimum Gasteiger partial charge on any atom is -0.231 e. The highest BCUT2D eigenvalue weighted by Gasteiger charge is 2.02. The largest absolute Gasteiger partial charge is 0.231 e. The molecular formula is C8H11ClN2S. The van der Waals surface area contributed by atoms with Gasteiger partial charge < -0.3 is 0 Å². The van der Waals surface area contributed by atoms with Crippen molar-refractivity contribution in [2.75, 3.05) is 5.75 Å². The van der Waals surface area contributed by atoms with Gasteiger partial charge in [-0.1, -0.05) is 37.2 Å². The second kappa shape index (κ2) is 4.67. The quantitative estimate of drug-likeness (QED) is 0.428. The normalized spacial score (nSPS) is 10.2. The lowest BCUT2D eigenvalue weighted by Gasteiger charge is -2.00. The standard InChI is InChI=1S/C8H11ClN2S/c1-3-6-5-10-8(12-4-2)11-7(6)9/h5H,3-4H2,1-2H3. The van der Waals surface area contributed by atoms with Gasteiger partial charge in [0, 0.05) is 11.8 Å². The van der Waals surface area contributed by atoms with Crippen molar-refractivity contribution in [2.24, 2.45) is 0 Å². The van der Waals surface area contributed by atoms with Crippen molar-refractivity contribution in [2.45, 2.75) is 25.4 Å². The molecule has 0 amide bonds. The third kappa shape index (κ3) is 2.35. The molecule has 0 radical (unpaired) electrons. The van der Waals surface area contributed by atoms with Gasteiger partial charge in [0.05, 0.1) is 0 Å². The van der Waals surface area contributed by atoms with Gasteiger partial charge in [-0.2, -0.15) is 0 Å². The second-order valence-corrected chi connectivity index (χ2v) is 3.84. The Bertz CT molecular complexity index is 265. The summed E-state index contributed by atoms with van der Waals surface area (Å²) < 4.78 is 0. The molecule has 0 aromatic carbocycles. The molecule has 2 nitrogen and oxygen atoms in total. The van der Waals surface area contributed by atoms with Gasteiger partial charge in [-0.05, 0) is 12.2 Å². The van der Waals surface area contributed by atoms with E-state index in [2.05, 4.69) is 16.9 Å². The lowest BCUT2D eigenvalue weighted by molar-refractivity contribution is 0.926.